The zero-order valence-electron chi connectivity index (χ0n) is 16.5. The summed E-state index contributed by atoms with van der Waals surface area (Å²) in [6.07, 6.45) is 0. The molecule has 0 aliphatic carbocycles. The number of sulfonamides is 1. The van der Waals surface area contributed by atoms with Crippen molar-refractivity contribution in [3.8, 4) is 0 Å². The van der Waals surface area contributed by atoms with E-state index in [0.29, 0.717) is 11.1 Å². The van der Waals surface area contributed by atoms with Gasteiger partial charge in [-0.2, -0.15) is 4.31 Å². The van der Waals surface area contributed by atoms with Crippen LogP contribution in [0, 0.1) is 30.9 Å². The number of nitrogens with zero attached hydrogens (tertiary/aromatic N) is 2. The summed E-state index contributed by atoms with van der Waals surface area (Å²) in [5.41, 5.74) is 3.18. The van der Waals surface area contributed by atoms with Crippen molar-refractivity contribution >= 4 is 21.6 Å². The van der Waals surface area contributed by atoms with E-state index in [2.05, 4.69) is 0 Å². The first-order valence-electron chi connectivity index (χ1n) is 8.76. The summed E-state index contributed by atoms with van der Waals surface area (Å²) in [5.74, 6) is -0.949. The molecule has 0 bridgehead atoms. The number of para-hydroxylation sites is 1. The first-order chi connectivity index (χ1) is 13.5. The normalized spacial score (nSPS) is 12.6. The number of carbonyl (C=O) groups is 1. The second-order valence-electron chi connectivity index (χ2n) is 6.82. The van der Waals surface area contributed by atoms with Crippen LogP contribution in [0.2, 0.25) is 0 Å². The second-order valence-corrected chi connectivity index (χ2v) is 8.64. The molecule has 2 N–H and O–H groups in total. The molecule has 0 aliphatic heterocycles. The molecule has 1 atom stereocenters. The number of benzene rings is 2. The Kier molecular flexibility index (Phi) is 6.73. The number of nitrogens with one attached hydrogen (secondary N) is 1. The highest BCUT2D eigenvalue weighted by Gasteiger charge is 2.36. The second kappa shape index (κ2) is 8.68. The lowest BCUT2D eigenvalue weighted by Gasteiger charge is -2.28. The molecule has 2 rings (SSSR count). The number of nitro groups is 1. The topological polar surface area (TPSA) is 130 Å². The van der Waals surface area contributed by atoms with Gasteiger partial charge in [0, 0.05) is 18.2 Å². The maximum Gasteiger partial charge on any atom is 0.273 e. The van der Waals surface area contributed by atoms with Crippen LogP contribution in [0.15, 0.2) is 41.3 Å². The van der Waals surface area contributed by atoms with Gasteiger partial charge < -0.3 is 0 Å². The van der Waals surface area contributed by atoms with Crippen LogP contribution in [0.25, 0.3) is 0 Å². The van der Waals surface area contributed by atoms with E-state index in [1.807, 2.05) is 6.92 Å². The predicted molar refractivity (Wildman–Crippen MR) is 106 cm³/mol. The Labute approximate surface area is 169 Å². The summed E-state index contributed by atoms with van der Waals surface area (Å²) in [6.45, 7) is 6.01. The standard InChI is InChI=1S/C19H23N3O6S/c1-12-9-13(2)18(14(3)10-12)29(27,28)21(15(4)19(23)20-24)11-16-7-5-6-8-17(16)22(25)26/h5-10,15,24H,11H2,1-4H3,(H,20,23)/t15-/m0/s1. The van der Waals surface area contributed by atoms with Crippen molar-refractivity contribution in [3.63, 3.8) is 0 Å². The lowest BCUT2D eigenvalue weighted by Crippen LogP contribution is -2.47. The van der Waals surface area contributed by atoms with E-state index in [4.69, 9.17) is 5.21 Å². The molecule has 0 unspecified atom stereocenters. The van der Waals surface area contributed by atoms with E-state index in [-0.39, 0.29) is 16.1 Å². The minimum atomic E-state index is -4.24. The Balaban J connectivity index is 2.67. The molecule has 2 aromatic rings. The summed E-state index contributed by atoms with van der Waals surface area (Å²) in [5, 5.41) is 20.4. The average molecular weight is 421 g/mol. The molecule has 0 saturated carbocycles. The number of aryl methyl sites for hydroxylation is 3. The maximum atomic E-state index is 13.5. The summed E-state index contributed by atoms with van der Waals surface area (Å²) >= 11 is 0. The number of carbonyl (C=O) groups excluding carboxylic acids is 1. The molecule has 156 valence electrons. The zero-order valence-corrected chi connectivity index (χ0v) is 17.4. The Hall–Kier alpha value is -2.82. The van der Waals surface area contributed by atoms with Crippen LogP contribution in [-0.4, -0.2) is 34.8 Å². The van der Waals surface area contributed by atoms with E-state index < -0.39 is 33.4 Å². The fourth-order valence-electron chi connectivity index (χ4n) is 3.34. The summed E-state index contributed by atoms with van der Waals surface area (Å²) < 4.78 is 27.9. The van der Waals surface area contributed by atoms with Crippen LogP contribution in [0.3, 0.4) is 0 Å². The van der Waals surface area contributed by atoms with Gasteiger partial charge in [-0.25, -0.2) is 13.9 Å². The Bertz CT molecular complexity index is 1030. The van der Waals surface area contributed by atoms with E-state index in [1.54, 1.807) is 32.0 Å². The molecular formula is C19H23N3O6S. The Morgan fingerprint density at radius 2 is 1.76 bits per heavy atom. The van der Waals surface area contributed by atoms with Gasteiger partial charge in [-0.1, -0.05) is 35.9 Å². The first-order valence-corrected chi connectivity index (χ1v) is 10.2. The fraction of sp³-hybridized carbons (Fsp3) is 0.316. The third-order valence-electron chi connectivity index (χ3n) is 4.61. The molecule has 0 aliphatic rings. The van der Waals surface area contributed by atoms with Crippen LogP contribution in [0.1, 0.15) is 29.2 Å². The molecule has 0 aromatic heterocycles. The highest BCUT2D eigenvalue weighted by atomic mass is 32.2. The smallest absolute Gasteiger partial charge is 0.273 e. The summed E-state index contributed by atoms with van der Waals surface area (Å²) in [6, 6.07) is 7.81. The van der Waals surface area contributed by atoms with Crippen LogP contribution < -0.4 is 5.48 Å². The third-order valence-corrected chi connectivity index (χ3v) is 6.83. The van der Waals surface area contributed by atoms with Crippen LogP contribution in [0.4, 0.5) is 5.69 Å². The minimum Gasteiger partial charge on any atom is -0.289 e. The van der Waals surface area contributed by atoms with Gasteiger partial charge in [0.1, 0.15) is 6.04 Å². The monoisotopic (exact) mass is 421 g/mol. The summed E-state index contributed by atoms with van der Waals surface area (Å²) in [4.78, 5) is 22.8. The number of hydrogen-bond acceptors (Lipinski definition) is 6. The van der Waals surface area contributed by atoms with Crippen molar-refractivity contribution in [1.82, 2.24) is 9.79 Å². The van der Waals surface area contributed by atoms with Gasteiger partial charge in [-0.3, -0.25) is 20.1 Å². The highest BCUT2D eigenvalue weighted by molar-refractivity contribution is 7.89. The van der Waals surface area contributed by atoms with Gasteiger partial charge in [-0.05, 0) is 38.8 Å². The molecule has 0 radical (unpaired) electrons. The van der Waals surface area contributed by atoms with Crippen molar-refractivity contribution in [1.29, 1.82) is 0 Å². The lowest BCUT2D eigenvalue weighted by atomic mass is 10.1. The van der Waals surface area contributed by atoms with Gasteiger partial charge in [0.05, 0.1) is 9.82 Å². The van der Waals surface area contributed by atoms with Gasteiger partial charge in [0.25, 0.3) is 11.6 Å². The fourth-order valence-corrected chi connectivity index (χ4v) is 5.32. The molecule has 0 fully saturated rings. The molecule has 29 heavy (non-hydrogen) atoms. The van der Waals surface area contributed by atoms with Crippen LogP contribution >= 0.6 is 0 Å². The number of nitro benzene ring substituents is 1. The number of rotatable bonds is 7. The maximum absolute atomic E-state index is 13.5. The number of amides is 1. The molecule has 0 heterocycles. The molecule has 0 saturated heterocycles. The number of hydroxylamine groups is 1. The van der Waals surface area contributed by atoms with Crippen molar-refractivity contribution in [2.24, 2.45) is 0 Å². The quantitative estimate of drug-likeness (QED) is 0.401. The highest BCUT2D eigenvalue weighted by Crippen LogP contribution is 2.29. The Morgan fingerprint density at radius 3 is 2.28 bits per heavy atom. The van der Waals surface area contributed by atoms with E-state index >= 15 is 0 Å². The van der Waals surface area contributed by atoms with Crippen molar-refractivity contribution in [2.45, 2.75) is 45.2 Å². The van der Waals surface area contributed by atoms with E-state index in [0.717, 1.165) is 9.87 Å². The van der Waals surface area contributed by atoms with Crippen molar-refractivity contribution in [3.05, 3.63) is 68.8 Å². The van der Waals surface area contributed by atoms with Gasteiger partial charge in [-0.15, -0.1) is 0 Å². The van der Waals surface area contributed by atoms with Crippen molar-refractivity contribution in [2.75, 3.05) is 0 Å². The molecule has 0 spiro atoms. The zero-order chi connectivity index (χ0) is 21.9. The predicted octanol–water partition coefficient (Wildman–Crippen LogP) is 2.60. The van der Waals surface area contributed by atoms with E-state index in [1.165, 1.54) is 30.6 Å². The largest absolute Gasteiger partial charge is 0.289 e. The van der Waals surface area contributed by atoms with Gasteiger partial charge in [0.2, 0.25) is 10.0 Å². The molecular weight excluding hydrogens is 398 g/mol. The Morgan fingerprint density at radius 1 is 1.21 bits per heavy atom. The number of hydrogen-bond donors (Lipinski definition) is 2. The lowest BCUT2D eigenvalue weighted by molar-refractivity contribution is -0.385. The minimum absolute atomic E-state index is 0.0271. The third kappa shape index (κ3) is 4.61. The van der Waals surface area contributed by atoms with Crippen molar-refractivity contribution < 1.29 is 23.3 Å². The molecule has 1 amide bonds. The van der Waals surface area contributed by atoms with E-state index in [9.17, 15) is 23.3 Å². The average Bonchev–Trinajstić information content (AvgIpc) is 2.63. The molecule has 10 heteroatoms. The van der Waals surface area contributed by atoms with Crippen LogP contribution in [0.5, 0.6) is 0 Å². The van der Waals surface area contributed by atoms with Gasteiger partial charge in [0.15, 0.2) is 0 Å². The molecule has 9 nitrogen and oxygen atoms in total. The first kappa shape index (κ1) is 22.5. The molecule has 2 aromatic carbocycles. The summed E-state index contributed by atoms with van der Waals surface area (Å²) in [7, 11) is -4.24. The van der Waals surface area contributed by atoms with Gasteiger partial charge >= 0.3 is 0 Å². The SMILES string of the molecule is Cc1cc(C)c(S(=O)(=O)N(Cc2ccccc2[N+](=O)[O-])[C@@H](C)C(=O)NO)c(C)c1. The van der Waals surface area contributed by atoms with Crippen LogP contribution in [-0.2, 0) is 21.4 Å².